The van der Waals surface area contributed by atoms with Crippen molar-refractivity contribution in [1.29, 1.82) is 0 Å². The van der Waals surface area contributed by atoms with E-state index >= 15 is 0 Å². The summed E-state index contributed by atoms with van der Waals surface area (Å²) in [6, 6.07) is 8.84. The van der Waals surface area contributed by atoms with E-state index in [4.69, 9.17) is 5.11 Å². The number of pyridine rings is 1. The van der Waals surface area contributed by atoms with E-state index in [2.05, 4.69) is 9.71 Å². The van der Waals surface area contributed by atoms with Gasteiger partial charge in [0.15, 0.2) is 0 Å². The Morgan fingerprint density at radius 3 is 2.90 bits per heavy atom. The summed E-state index contributed by atoms with van der Waals surface area (Å²) in [6.07, 6.45) is 2.09. The van der Waals surface area contributed by atoms with Crippen molar-refractivity contribution in [3.8, 4) is 0 Å². The molecule has 0 radical (unpaired) electrons. The highest BCUT2D eigenvalue weighted by molar-refractivity contribution is 7.90. The fourth-order valence-corrected chi connectivity index (χ4v) is 2.73. The molecule has 7 heteroatoms. The maximum atomic E-state index is 12.1. The van der Waals surface area contributed by atoms with Crippen LogP contribution in [0.4, 0.5) is 5.69 Å². The van der Waals surface area contributed by atoms with E-state index in [0.29, 0.717) is 12.1 Å². The van der Waals surface area contributed by atoms with Crippen molar-refractivity contribution in [3.63, 3.8) is 0 Å². The number of benzene rings is 1. The average Bonchev–Trinajstić information content (AvgIpc) is 2.44. The molecule has 1 aromatic heterocycles. The van der Waals surface area contributed by atoms with Crippen molar-refractivity contribution in [2.24, 2.45) is 0 Å². The minimum atomic E-state index is -3.60. The van der Waals surface area contributed by atoms with Crippen molar-refractivity contribution < 1.29 is 13.5 Å². The Bertz CT molecular complexity index is 688. The summed E-state index contributed by atoms with van der Waals surface area (Å²) in [6.45, 7) is 0.225. The maximum absolute atomic E-state index is 12.1. The van der Waals surface area contributed by atoms with Gasteiger partial charge in [-0.2, -0.15) is 12.7 Å². The van der Waals surface area contributed by atoms with Crippen LogP contribution in [-0.4, -0.2) is 43.0 Å². The first-order valence-corrected chi connectivity index (χ1v) is 7.66. The molecule has 0 bridgehead atoms. The number of aromatic nitrogens is 1. The Labute approximate surface area is 118 Å². The van der Waals surface area contributed by atoms with E-state index in [1.807, 2.05) is 6.07 Å². The zero-order valence-electron chi connectivity index (χ0n) is 11.2. The molecule has 1 aromatic carbocycles. The lowest BCUT2D eigenvalue weighted by molar-refractivity contribution is 0.276. The molecule has 0 saturated carbocycles. The van der Waals surface area contributed by atoms with Gasteiger partial charge >= 0.3 is 10.2 Å². The van der Waals surface area contributed by atoms with E-state index in [1.165, 1.54) is 11.4 Å². The molecule has 2 rings (SSSR count). The third-order valence-corrected chi connectivity index (χ3v) is 4.39. The summed E-state index contributed by atoms with van der Waals surface area (Å²) in [5, 5.41) is 9.61. The van der Waals surface area contributed by atoms with Gasteiger partial charge in [-0.15, -0.1) is 0 Å². The zero-order chi connectivity index (χ0) is 14.6. The minimum absolute atomic E-state index is 0.0402. The van der Waals surface area contributed by atoms with Gasteiger partial charge in [0.25, 0.3) is 0 Å². The molecule has 0 fully saturated rings. The molecule has 6 nitrogen and oxygen atoms in total. The number of hydrogen-bond acceptors (Lipinski definition) is 4. The molecule has 0 aliphatic heterocycles. The van der Waals surface area contributed by atoms with Crippen molar-refractivity contribution >= 4 is 26.8 Å². The van der Waals surface area contributed by atoms with E-state index in [0.717, 1.165) is 10.9 Å². The third kappa shape index (κ3) is 3.44. The summed E-state index contributed by atoms with van der Waals surface area (Å²) < 4.78 is 27.8. The molecule has 1 heterocycles. The second-order valence-corrected chi connectivity index (χ2v) is 6.19. The molecule has 108 valence electrons. The molecule has 0 amide bonds. The minimum Gasteiger partial charge on any atom is -0.396 e. The second kappa shape index (κ2) is 6.17. The van der Waals surface area contributed by atoms with Gasteiger partial charge in [0.2, 0.25) is 0 Å². The Kier molecular flexibility index (Phi) is 4.53. The Balaban J connectivity index is 2.18. The number of nitrogens with one attached hydrogen (secondary N) is 1. The van der Waals surface area contributed by atoms with Crippen molar-refractivity contribution in [1.82, 2.24) is 9.29 Å². The van der Waals surface area contributed by atoms with Crippen LogP contribution in [0, 0.1) is 0 Å². The van der Waals surface area contributed by atoms with E-state index < -0.39 is 10.2 Å². The largest absolute Gasteiger partial charge is 0.396 e. The van der Waals surface area contributed by atoms with E-state index in [-0.39, 0.29) is 13.2 Å². The van der Waals surface area contributed by atoms with Gasteiger partial charge in [-0.05, 0) is 30.7 Å². The van der Waals surface area contributed by atoms with Gasteiger partial charge in [0.1, 0.15) is 0 Å². The summed E-state index contributed by atoms with van der Waals surface area (Å²) in [7, 11) is -2.13. The molecular formula is C13H17N3O3S. The smallest absolute Gasteiger partial charge is 0.301 e. The van der Waals surface area contributed by atoms with Crippen molar-refractivity contribution in [2.45, 2.75) is 6.42 Å². The highest BCUT2D eigenvalue weighted by Gasteiger charge is 2.16. The van der Waals surface area contributed by atoms with Crippen LogP contribution in [0.2, 0.25) is 0 Å². The van der Waals surface area contributed by atoms with Gasteiger partial charge in [0.05, 0.1) is 11.2 Å². The Morgan fingerprint density at radius 1 is 1.35 bits per heavy atom. The first kappa shape index (κ1) is 14.7. The first-order chi connectivity index (χ1) is 9.53. The lowest BCUT2D eigenvalue weighted by Crippen LogP contribution is -2.33. The van der Waals surface area contributed by atoms with Gasteiger partial charge in [-0.25, -0.2) is 0 Å². The highest BCUT2D eigenvalue weighted by atomic mass is 32.2. The lowest BCUT2D eigenvalue weighted by atomic mass is 10.2. The zero-order valence-corrected chi connectivity index (χ0v) is 12.0. The highest BCUT2D eigenvalue weighted by Crippen LogP contribution is 2.18. The van der Waals surface area contributed by atoms with Crippen LogP contribution < -0.4 is 4.72 Å². The first-order valence-electron chi connectivity index (χ1n) is 6.22. The summed E-state index contributed by atoms with van der Waals surface area (Å²) >= 11 is 0. The molecule has 2 aromatic rings. The van der Waals surface area contributed by atoms with Gasteiger partial charge < -0.3 is 5.11 Å². The van der Waals surface area contributed by atoms with Crippen molar-refractivity contribution in [3.05, 3.63) is 36.5 Å². The van der Waals surface area contributed by atoms with E-state index in [9.17, 15) is 8.42 Å². The fraction of sp³-hybridized carbons (Fsp3) is 0.308. The SMILES string of the molecule is CN(CCCO)S(=O)(=O)Nc1ccc2ncccc2c1. The van der Waals surface area contributed by atoms with Gasteiger partial charge in [0, 0.05) is 31.8 Å². The number of hydrogen-bond donors (Lipinski definition) is 2. The van der Waals surface area contributed by atoms with Crippen LogP contribution in [0.3, 0.4) is 0 Å². The van der Waals surface area contributed by atoms with Crippen LogP contribution in [0.25, 0.3) is 10.9 Å². The number of fused-ring (bicyclic) bond motifs is 1. The predicted molar refractivity (Wildman–Crippen MR) is 78.6 cm³/mol. The molecule has 2 N–H and O–H groups in total. The number of nitrogens with zero attached hydrogens (tertiary/aromatic N) is 2. The second-order valence-electron chi connectivity index (χ2n) is 4.42. The Hall–Kier alpha value is -1.70. The number of anilines is 1. The summed E-state index contributed by atoms with van der Waals surface area (Å²) in [5.74, 6) is 0. The standard InChI is InChI=1S/C13H17N3O3S/c1-16(8-3-9-17)20(18,19)15-12-5-6-13-11(10-12)4-2-7-14-13/h2,4-7,10,15,17H,3,8-9H2,1H3. The number of rotatable bonds is 6. The van der Waals surface area contributed by atoms with Crippen LogP contribution >= 0.6 is 0 Å². The molecule has 20 heavy (non-hydrogen) atoms. The summed E-state index contributed by atoms with van der Waals surface area (Å²) in [4.78, 5) is 4.18. The van der Waals surface area contributed by atoms with Crippen LogP contribution in [0.15, 0.2) is 36.5 Å². The van der Waals surface area contributed by atoms with Crippen molar-refractivity contribution in [2.75, 3.05) is 24.9 Å². The van der Waals surface area contributed by atoms with Gasteiger partial charge in [-0.1, -0.05) is 6.07 Å². The normalized spacial score (nSPS) is 11.9. The van der Waals surface area contributed by atoms with Crippen LogP contribution in [0.5, 0.6) is 0 Å². The maximum Gasteiger partial charge on any atom is 0.301 e. The van der Waals surface area contributed by atoms with E-state index in [1.54, 1.807) is 30.5 Å². The van der Waals surface area contributed by atoms with Crippen LogP contribution in [0.1, 0.15) is 6.42 Å². The molecular weight excluding hydrogens is 278 g/mol. The molecule has 0 saturated heterocycles. The third-order valence-electron chi connectivity index (χ3n) is 2.89. The Morgan fingerprint density at radius 2 is 2.15 bits per heavy atom. The molecule has 0 aliphatic carbocycles. The molecule has 0 atom stereocenters. The number of aliphatic hydroxyl groups excluding tert-OH is 1. The topological polar surface area (TPSA) is 82.5 Å². The van der Waals surface area contributed by atoms with Gasteiger partial charge in [-0.3, -0.25) is 9.71 Å². The lowest BCUT2D eigenvalue weighted by Gasteiger charge is -2.18. The molecule has 0 unspecified atom stereocenters. The quantitative estimate of drug-likeness (QED) is 0.839. The molecule has 0 aliphatic rings. The fourth-order valence-electron chi connectivity index (χ4n) is 1.78. The summed E-state index contributed by atoms with van der Waals surface area (Å²) in [5.41, 5.74) is 1.30. The number of aliphatic hydroxyl groups is 1. The monoisotopic (exact) mass is 295 g/mol. The average molecular weight is 295 g/mol. The molecule has 0 spiro atoms. The predicted octanol–water partition coefficient (Wildman–Crippen LogP) is 1.21. The van der Waals surface area contributed by atoms with Crippen LogP contribution in [-0.2, 0) is 10.2 Å².